The summed E-state index contributed by atoms with van der Waals surface area (Å²) in [6, 6.07) is 12.3. The third-order valence-corrected chi connectivity index (χ3v) is 3.94. The molecule has 2 aromatic rings. The molecular weight excluding hydrogens is 256 g/mol. The van der Waals surface area contributed by atoms with Crippen molar-refractivity contribution in [3.8, 4) is 5.75 Å². The summed E-state index contributed by atoms with van der Waals surface area (Å²) in [6.45, 7) is 4.94. The van der Waals surface area contributed by atoms with Crippen LogP contribution in [0.5, 0.6) is 5.75 Å². The number of thiophene rings is 1. The maximum Gasteiger partial charge on any atom is 0.119 e. The molecule has 2 rings (SSSR count). The molecule has 0 spiro atoms. The summed E-state index contributed by atoms with van der Waals surface area (Å²) < 4.78 is 5.67. The highest BCUT2D eigenvalue weighted by Gasteiger charge is 2.14. The summed E-state index contributed by atoms with van der Waals surface area (Å²) >= 11 is 1.76. The normalized spacial score (nSPS) is 12.4. The van der Waals surface area contributed by atoms with Crippen molar-refractivity contribution >= 4 is 11.3 Å². The van der Waals surface area contributed by atoms with Crippen LogP contribution in [-0.4, -0.2) is 6.61 Å². The average Bonchev–Trinajstić information content (AvgIpc) is 2.84. The monoisotopic (exact) mass is 276 g/mol. The Kier molecular flexibility index (Phi) is 4.96. The molecule has 3 nitrogen and oxygen atoms in total. The van der Waals surface area contributed by atoms with E-state index in [0.29, 0.717) is 0 Å². The second kappa shape index (κ2) is 6.70. The number of nitrogens with one attached hydrogen (secondary N) is 1. The van der Waals surface area contributed by atoms with Crippen molar-refractivity contribution in [1.82, 2.24) is 5.43 Å². The molecule has 0 saturated carbocycles. The molecule has 0 bridgehead atoms. The lowest BCUT2D eigenvalue weighted by Crippen LogP contribution is -2.28. The Labute approximate surface area is 118 Å². The van der Waals surface area contributed by atoms with Gasteiger partial charge in [0, 0.05) is 9.75 Å². The number of hydrogen-bond donors (Lipinski definition) is 2. The fraction of sp³-hybridized carbons (Fsp3) is 0.333. The van der Waals surface area contributed by atoms with Crippen LogP contribution in [0.3, 0.4) is 0 Å². The van der Waals surface area contributed by atoms with Gasteiger partial charge >= 0.3 is 0 Å². The lowest BCUT2D eigenvalue weighted by molar-refractivity contribution is 0.317. The molecule has 1 aromatic heterocycles. The molecule has 0 saturated heterocycles. The largest absolute Gasteiger partial charge is 0.494 e. The Morgan fingerprint density at radius 3 is 2.79 bits per heavy atom. The summed E-state index contributed by atoms with van der Waals surface area (Å²) in [5.74, 6) is 6.61. The SMILES string of the molecule is CCCOc1cccc(C(NN)c2ccc(C)s2)c1. The molecule has 4 heteroatoms. The topological polar surface area (TPSA) is 47.3 Å². The summed E-state index contributed by atoms with van der Waals surface area (Å²) in [4.78, 5) is 2.50. The van der Waals surface area contributed by atoms with Gasteiger partial charge in [-0.05, 0) is 43.2 Å². The van der Waals surface area contributed by atoms with Crippen LogP contribution in [0.4, 0.5) is 0 Å². The Morgan fingerprint density at radius 1 is 1.32 bits per heavy atom. The van der Waals surface area contributed by atoms with Crippen LogP contribution < -0.4 is 16.0 Å². The second-order valence-electron chi connectivity index (χ2n) is 4.47. The van der Waals surface area contributed by atoms with E-state index in [1.807, 2.05) is 12.1 Å². The maximum atomic E-state index is 5.71. The molecule has 3 N–H and O–H groups in total. The molecule has 0 aliphatic carbocycles. The smallest absolute Gasteiger partial charge is 0.119 e. The highest BCUT2D eigenvalue weighted by atomic mass is 32.1. The summed E-state index contributed by atoms with van der Waals surface area (Å²) in [5, 5.41) is 0. The van der Waals surface area contributed by atoms with Gasteiger partial charge < -0.3 is 4.74 Å². The zero-order chi connectivity index (χ0) is 13.7. The van der Waals surface area contributed by atoms with Crippen molar-refractivity contribution < 1.29 is 4.74 Å². The third kappa shape index (κ3) is 3.56. The molecule has 1 atom stereocenters. The number of hydrogen-bond acceptors (Lipinski definition) is 4. The quantitative estimate of drug-likeness (QED) is 0.628. The first-order chi connectivity index (χ1) is 9.24. The van der Waals surface area contributed by atoms with E-state index >= 15 is 0 Å². The third-order valence-electron chi connectivity index (χ3n) is 2.88. The van der Waals surface area contributed by atoms with E-state index in [2.05, 4.69) is 43.5 Å². The van der Waals surface area contributed by atoms with Gasteiger partial charge in [0.05, 0.1) is 12.6 Å². The fourth-order valence-electron chi connectivity index (χ4n) is 1.96. The van der Waals surface area contributed by atoms with Gasteiger partial charge in [0.1, 0.15) is 5.75 Å². The predicted molar refractivity (Wildman–Crippen MR) is 80.5 cm³/mol. The Morgan fingerprint density at radius 2 is 2.16 bits per heavy atom. The second-order valence-corrected chi connectivity index (χ2v) is 5.79. The molecular formula is C15H20N2OS. The van der Waals surface area contributed by atoms with E-state index in [4.69, 9.17) is 10.6 Å². The molecule has 0 radical (unpaired) electrons. The fourth-order valence-corrected chi connectivity index (χ4v) is 2.92. The van der Waals surface area contributed by atoms with Crippen molar-refractivity contribution in [1.29, 1.82) is 0 Å². The molecule has 1 unspecified atom stereocenters. The Balaban J connectivity index is 2.23. The van der Waals surface area contributed by atoms with Gasteiger partial charge in [-0.25, -0.2) is 5.43 Å². The van der Waals surface area contributed by atoms with Crippen molar-refractivity contribution in [3.05, 3.63) is 51.7 Å². The van der Waals surface area contributed by atoms with Crippen LogP contribution in [0.2, 0.25) is 0 Å². The Bertz CT molecular complexity index is 524. The van der Waals surface area contributed by atoms with Crippen LogP contribution in [0.1, 0.15) is 34.7 Å². The van der Waals surface area contributed by atoms with E-state index in [9.17, 15) is 0 Å². The van der Waals surface area contributed by atoms with Crippen molar-refractivity contribution in [2.24, 2.45) is 5.84 Å². The lowest BCUT2D eigenvalue weighted by Gasteiger charge is -2.16. The minimum absolute atomic E-state index is 0.0175. The van der Waals surface area contributed by atoms with Crippen molar-refractivity contribution in [2.45, 2.75) is 26.3 Å². The first-order valence-corrected chi connectivity index (χ1v) is 7.31. The standard InChI is InChI=1S/C15H20N2OS/c1-3-9-18-13-6-4-5-12(10-13)15(17-16)14-8-7-11(2)19-14/h4-8,10,15,17H,3,9,16H2,1-2H3. The van der Waals surface area contributed by atoms with Gasteiger partial charge in [0.25, 0.3) is 0 Å². The number of ether oxygens (including phenoxy) is 1. The number of aryl methyl sites for hydroxylation is 1. The summed E-state index contributed by atoms with van der Waals surface area (Å²) in [7, 11) is 0. The molecule has 19 heavy (non-hydrogen) atoms. The zero-order valence-corrected chi connectivity index (χ0v) is 12.2. The number of rotatable bonds is 6. The van der Waals surface area contributed by atoms with Crippen LogP contribution in [0.15, 0.2) is 36.4 Å². The van der Waals surface area contributed by atoms with E-state index < -0.39 is 0 Å². The molecule has 1 aromatic carbocycles. The number of hydrazine groups is 1. The number of benzene rings is 1. The molecule has 0 aliphatic heterocycles. The lowest BCUT2D eigenvalue weighted by atomic mass is 10.1. The molecule has 0 aliphatic rings. The van der Waals surface area contributed by atoms with Gasteiger partial charge in [0.2, 0.25) is 0 Å². The van der Waals surface area contributed by atoms with E-state index in [0.717, 1.165) is 24.3 Å². The van der Waals surface area contributed by atoms with Crippen LogP contribution in [0, 0.1) is 6.92 Å². The minimum Gasteiger partial charge on any atom is -0.494 e. The average molecular weight is 276 g/mol. The van der Waals surface area contributed by atoms with Gasteiger partial charge in [-0.15, -0.1) is 11.3 Å². The van der Waals surface area contributed by atoms with Crippen molar-refractivity contribution in [2.75, 3.05) is 6.61 Å². The molecule has 102 valence electrons. The molecule has 0 fully saturated rings. The van der Waals surface area contributed by atoms with Crippen molar-refractivity contribution in [3.63, 3.8) is 0 Å². The van der Waals surface area contributed by atoms with Crippen LogP contribution >= 0.6 is 11.3 Å². The minimum atomic E-state index is 0.0175. The highest BCUT2D eigenvalue weighted by Crippen LogP contribution is 2.29. The number of nitrogens with two attached hydrogens (primary N) is 1. The summed E-state index contributed by atoms with van der Waals surface area (Å²) in [5.41, 5.74) is 4.01. The first-order valence-electron chi connectivity index (χ1n) is 6.49. The van der Waals surface area contributed by atoms with E-state index in [1.54, 1.807) is 11.3 Å². The first kappa shape index (κ1) is 14.1. The zero-order valence-electron chi connectivity index (χ0n) is 11.3. The highest BCUT2D eigenvalue weighted by molar-refractivity contribution is 7.12. The van der Waals surface area contributed by atoms with Gasteiger partial charge in [0.15, 0.2) is 0 Å². The van der Waals surface area contributed by atoms with Gasteiger partial charge in [-0.3, -0.25) is 5.84 Å². The molecule has 1 heterocycles. The maximum absolute atomic E-state index is 5.71. The van der Waals surface area contributed by atoms with Gasteiger partial charge in [-0.1, -0.05) is 19.1 Å². The predicted octanol–water partition coefficient (Wildman–Crippen LogP) is 3.40. The molecule has 0 amide bonds. The Hall–Kier alpha value is -1.36. The van der Waals surface area contributed by atoms with E-state index in [-0.39, 0.29) is 6.04 Å². The van der Waals surface area contributed by atoms with Gasteiger partial charge in [-0.2, -0.15) is 0 Å². The van der Waals surface area contributed by atoms with E-state index in [1.165, 1.54) is 9.75 Å². The van der Waals surface area contributed by atoms with Crippen LogP contribution in [-0.2, 0) is 0 Å². The summed E-state index contributed by atoms with van der Waals surface area (Å²) in [6.07, 6.45) is 1.01. The van der Waals surface area contributed by atoms with Crippen LogP contribution in [0.25, 0.3) is 0 Å².